The van der Waals surface area contributed by atoms with Gasteiger partial charge in [-0.2, -0.15) is 0 Å². The lowest BCUT2D eigenvalue weighted by Gasteiger charge is -2.37. The second-order valence-electron chi connectivity index (χ2n) is 5.71. The summed E-state index contributed by atoms with van der Waals surface area (Å²) in [5, 5.41) is 9.49. The minimum atomic E-state index is -0.935. The summed E-state index contributed by atoms with van der Waals surface area (Å²) in [5.74, 6) is -0.886. The van der Waals surface area contributed by atoms with Crippen LogP contribution in [0.1, 0.15) is 38.2 Å². The number of aliphatic carboxylic acids is 1. The quantitative estimate of drug-likeness (QED) is 0.839. The first-order valence-corrected chi connectivity index (χ1v) is 7.83. The highest BCUT2D eigenvalue weighted by Crippen LogP contribution is 2.33. The van der Waals surface area contributed by atoms with Crippen LogP contribution in [0.5, 0.6) is 0 Å². The molecule has 1 aromatic rings. The van der Waals surface area contributed by atoms with Gasteiger partial charge in [0.15, 0.2) is 0 Å². The number of carbonyl (C=O) groups excluding carboxylic acids is 1. The van der Waals surface area contributed by atoms with Crippen LogP contribution in [0.2, 0.25) is 0 Å². The Bertz CT molecular complexity index is 499. The molecule has 0 spiro atoms. The molecule has 1 fully saturated rings. The van der Waals surface area contributed by atoms with Crippen molar-refractivity contribution in [3.63, 3.8) is 0 Å². The molecule has 1 aliphatic carbocycles. The number of hydrogen-bond acceptors (Lipinski definition) is 3. The summed E-state index contributed by atoms with van der Waals surface area (Å²) in [7, 11) is 0. The van der Waals surface area contributed by atoms with Crippen molar-refractivity contribution in [3.8, 4) is 0 Å². The number of hydrogen-bond donors (Lipinski definition) is 1. The molecule has 1 atom stereocenters. The van der Waals surface area contributed by atoms with Crippen LogP contribution in [0.3, 0.4) is 0 Å². The van der Waals surface area contributed by atoms with Gasteiger partial charge in [-0.25, -0.2) is 9.59 Å². The Morgan fingerprint density at radius 2 is 2.00 bits per heavy atom. The summed E-state index contributed by atoms with van der Waals surface area (Å²) < 4.78 is 5.32. The van der Waals surface area contributed by atoms with E-state index in [1.807, 2.05) is 37.3 Å². The molecule has 1 unspecified atom stereocenters. The molecule has 1 N–H and O–H groups in total. The minimum Gasteiger partial charge on any atom is -0.480 e. The molecule has 0 bridgehead atoms. The van der Waals surface area contributed by atoms with Crippen molar-refractivity contribution in [3.05, 3.63) is 35.9 Å². The van der Waals surface area contributed by atoms with E-state index in [4.69, 9.17) is 4.74 Å². The number of carbonyl (C=O) groups is 2. The molecular formula is C17H23NO4. The van der Waals surface area contributed by atoms with Gasteiger partial charge in [0.1, 0.15) is 12.6 Å². The van der Waals surface area contributed by atoms with Gasteiger partial charge >= 0.3 is 12.1 Å². The Kier molecular flexibility index (Phi) is 5.81. The molecule has 120 valence electrons. The number of nitrogens with zero attached hydrogens (tertiary/aromatic N) is 1. The minimum absolute atomic E-state index is 0.0494. The second-order valence-corrected chi connectivity index (χ2v) is 5.71. The first kappa shape index (κ1) is 16.3. The van der Waals surface area contributed by atoms with Gasteiger partial charge in [0.25, 0.3) is 0 Å². The molecule has 1 amide bonds. The molecule has 1 saturated carbocycles. The Hall–Kier alpha value is -2.04. The zero-order chi connectivity index (χ0) is 15.9. The second kappa shape index (κ2) is 7.82. The number of benzene rings is 1. The molecule has 1 aromatic carbocycles. The van der Waals surface area contributed by atoms with E-state index in [9.17, 15) is 14.7 Å². The van der Waals surface area contributed by atoms with Crippen molar-refractivity contribution in [1.82, 2.24) is 4.90 Å². The van der Waals surface area contributed by atoms with E-state index >= 15 is 0 Å². The third-order valence-corrected chi connectivity index (χ3v) is 4.09. The summed E-state index contributed by atoms with van der Waals surface area (Å²) in [6, 6.07) is 8.63. The van der Waals surface area contributed by atoms with Crippen LogP contribution >= 0.6 is 0 Å². The van der Waals surface area contributed by atoms with Crippen molar-refractivity contribution in [2.75, 3.05) is 6.54 Å². The Morgan fingerprint density at radius 3 is 2.50 bits per heavy atom. The lowest BCUT2D eigenvalue weighted by molar-refractivity contribution is -0.146. The van der Waals surface area contributed by atoms with Crippen molar-refractivity contribution >= 4 is 12.1 Å². The SMILES string of the molecule is CCCN(C(=O)OCc1ccccc1)C(C(=O)O)C1CCC1. The van der Waals surface area contributed by atoms with Crippen LogP contribution in [0.25, 0.3) is 0 Å². The van der Waals surface area contributed by atoms with E-state index in [0.29, 0.717) is 13.0 Å². The molecule has 22 heavy (non-hydrogen) atoms. The Labute approximate surface area is 130 Å². The van der Waals surface area contributed by atoms with Gasteiger partial charge in [-0.3, -0.25) is 4.90 Å². The molecule has 0 radical (unpaired) electrons. The molecule has 5 heteroatoms. The fourth-order valence-electron chi connectivity index (χ4n) is 2.73. The van der Waals surface area contributed by atoms with Crippen molar-refractivity contribution in [2.24, 2.45) is 5.92 Å². The van der Waals surface area contributed by atoms with Crippen LogP contribution in [0.4, 0.5) is 4.79 Å². The molecule has 5 nitrogen and oxygen atoms in total. The highest BCUT2D eigenvalue weighted by Gasteiger charge is 2.39. The predicted octanol–water partition coefficient (Wildman–Crippen LogP) is 3.29. The van der Waals surface area contributed by atoms with E-state index in [2.05, 4.69) is 0 Å². The van der Waals surface area contributed by atoms with Gasteiger partial charge in [-0.15, -0.1) is 0 Å². The maximum absolute atomic E-state index is 12.3. The van der Waals surface area contributed by atoms with Crippen molar-refractivity contribution in [2.45, 2.75) is 45.3 Å². The lowest BCUT2D eigenvalue weighted by atomic mass is 9.79. The van der Waals surface area contributed by atoms with E-state index in [1.54, 1.807) is 0 Å². The van der Waals surface area contributed by atoms with Crippen LogP contribution in [-0.2, 0) is 16.1 Å². The van der Waals surface area contributed by atoms with Gasteiger partial charge in [0, 0.05) is 6.54 Å². The highest BCUT2D eigenvalue weighted by atomic mass is 16.6. The van der Waals surface area contributed by atoms with Gasteiger partial charge in [0.05, 0.1) is 0 Å². The lowest BCUT2D eigenvalue weighted by Crippen LogP contribution is -2.51. The fraction of sp³-hybridized carbons (Fsp3) is 0.529. The zero-order valence-corrected chi connectivity index (χ0v) is 12.9. The zero-order valence-electron chi connectivity index (χ0n) is 12.9. The molecule has 0 aromatic heterocycles. The van der Waals surface area contributed by atoms with Crippen molar-refractivity contribution < 1.29 is 19.4 Å². The van der Waals surface area contributed by atoms with Gasteiger partial charge in [-0.1, -0.05) is 43.7 Å². The fourth-order valence-corrected chi connectivity index (χ4v) is 2.73. The standard InChI is InChI=1S/C17H23NO4/c1-2-11-18(15(16(19)20)14-9-6-10-14)17(21)22-12-13-7-4-3-5-8-13/h3-5,7-8,14-15H,2,6,9-12H2,1H3,(H,19,20). The van der Waals surface area contributed by atoms with Crippen LogP contribution in [0, 0.1) is 5.92 Å². The molecular weight excluding hydrogens is 282 g/mol. The van der Waals surface area contributed by atoms with E-state index in [0.717, 1.165) is 24.8 Å². The third kappa shape index (κ3) is 4.00. The van der Waals surface area contributed by atoms with E-state index in [1.165, 1.54) is 4.90 Å². The van der Waals surface area contributed by atoms with Gasteiger partial charge in [-0.05, 0) is 30.7 Å². The summed E-state index contributed by atoms with van der Waals surface area (Å²) in [5.41, 5.74) is 0.891. The maximum Gasteiger partial charge on any atom is 0.410 e. The third-order valence-electron chi connectivity index (χ3n) is 4.09. The molecule has 0 aliphatic heterocycles. The van der Waals surface area contributed by atoms with E-state index < -0.39 is 18.1 Å². The number of amides is 1. The highest BCUT2D eigenvalue weighted by molar-refractivity contribution is 5.80. The smallest absolute Gasteiger partial charge is 0.410 e. The number of rotatable bonds is 7. The maximum atomic E-state index is 12.3. The Balaban J connectivity index is 2.01. The number of ether oxygens (including phenoxy) is 1. The largest absolute Gasteiger partial charge is 0.480 e. The molecule has 0 saturated heterocycles. The summed E-state index contributed by atoms with van der Waals surface area (Å²) in [6.07, 6.45) is 2.93. The van der Waals surface area contributed by atoms with Crippen LogP contribution < -0.4 is 0 Å². The van der Waals surface area contributed by atoms with E-state index in [-0.39, 0.29) is 12.5 Å². The monoisotopic (exact) mass is 305 g/mol. The first-order valence-electron chi connectivity index (χ1n) is 7.83. The number of carboxylic acids is 1. The average Bonchev–Trinajstić information content (AvgIpc) is 2.47. The first-order chi connectivity index (χ1) is 10.6. The summed E-state index contributed by atoms with van der Waals surface area (Å²) >= 11 is 0. The Morgan fingerprint density at radius 1 is 1.32 bits per heavy atom. The predicted molar refractivity (Wildman–Crippen MR) is 82.4 cm³/mol. The average molecular weight is 305 g/mol. The van der Waals surface area contributed by atoms with Crippen LogP contribution in [0.15, 0.2) is 30.3 Å². The molecule has 2 rings (SSSR count). The molecule has 0 heterocycles. The van der Waals surface area contributed by atoms with Gasteiger partial charge < -0.3 is 9.84 Å². The van der Waals surface area contributed by atoms with Crippen LogP contribution in [-0.4, -0.2) is 34.7 Å². The van der Waals surface area contributed by atoms with Crippen molar-refractivity contribution in [1.29, 1.82) is 0 Å². The number of carboxylic acid groups (broad SMARTS) is 1. The topological polar surface area (TPSA) is 66.8 Å². The summed E-state index contributed by atoms with van der Waals surface area (Å²) in [6.45, 7) is 2.50. The molecule has 1 aliphatic rings. The summed E-state index contributed by atoms with van der Waals surface area (Å²) in [4.78, 5) is 25.3. The normalized spacial score (nSPS) is 15.7. The van der Waals surface area contributed by atoms with Gasteiger partial charge in [0.2, 0.25) is 0 Å².